The van der Waals surface area contributed by atoms with Crippen LogP contribution < -0.4 is 28.4 Å². The molecule has 12 atom stereocenters. The molecule has 4 heterocycles. The molecule has 0 spiro atoms. The fraction of sp³-hybridized carbons (Fsp3) is 0.458. The van der Waals surface area contributed by atoms with Crippen LogP contribution in [0.3, 0.4) is 0 Å². The highest BCUT2D eigenvalue weighted by Gasteiger charge is 2.53. The van der Waals surface area contributed by atoms with Gasteiger partial charge >= 0.3 is 11.9 Å². The normalized spacial score (nSPS) is 28.8. The Kier molecular flexibility index (Phi) is 15.2. The molecule has 0 unspecified atom stereocenters. The van der Waals surface area contributed by atoms with Crippen LogP contribution in [-0.2, 0) is 47.4 Å². The number of carbonyl (C=O) groups is 2. The molecule has 2 N–H and O–H groups in total. The summed E-state index contributed by atoms with van der Waals surface area (Å²) in [6.45, 7) is 0.0612. The molecular weight excluding hydrogens is 897 g/mol. The SMILES string of the molecule is COc1cc(C(=O)O[C@H]2[C@@H](OC)O[C@@H]3CO[C@@H](c4ccccc4)O[C@H]3[C@@H]2O)c(-c2c(C(=O)O[C@H]3[C@@H](OC)O[C@@H]4CO[C@@H](c5ccccc5)O[C@H]4[C@@H]3O)cc(OC)c(OC)c2OC)c(OC)c1OC. The van der Waals surface area contributed by atoms with Crippen LogP contribution in [-0.4, -0.2) is 154 Å². The molecule has 4 aromatic carbocycles. The molecule has 0 amide bonds. The van der Waals surface area contributed by atoms with Crippen molar-refractivity contribution in [3.8, 4) is 45.6 Å². The van der Waals surface area contributed by atoms with Crippen molar-refractivity contribution in [2.75, 3.05) is 70.1 Å². The zero-order valence-corrected chi connectivity index (χ0v) is 38.5. The van der Waals surface area contributed by atoms with E-state index in [1.807, 2.05) is 60.7 Å². The van der Waals surface area contributed by atoms with Crippen molar-refractivity contribution >= 4 is 11.9 Å². The van der Waals surface area contributed by atoms with Gasteiger partial charge in [0.05, 0.1) is 67.0 Å². The second-order valence-electron chi connectivity index (χ2n) is 15.8. The first-order chi connectivity index (χ1) is 33.0. The minimum absolute atomic E-state index is 0.00913. The maximum absolute atomic E-state index is 15.0. The molecule has 0 saturated carbocycles. The van der Waals surface area contributed by atoms with Crippen molar-refractivity contribution in [3.05, 3.63) is 95.1 Å². The van der Waals surface area contributed by atoms with Crippen LogP contribution in [0.2, 0.25) is 0 Å². The summed E-state index contributed by atoms with van der Waals surface area (Å²) in [5.41, 5.74) is 0.515. The van der Waals surface area contributed by atoms with E-state index in [1.54, 1.807) is 0 Å². The number of rotatable bonds is 15. The third-order valence-electron chi connectivity index (χ3n) is 12.1. The number of benzene rings is 4. The molecule has 0 radical (unpaired) electrons. The van der Waals surface area contributed by atoms with Crippen LogP contribution in [0.15, 0.2) is 72.8 Å². The number of fused-ring (bicyclic) bond motifs is 2. The number of hydrogen-bond acceptors (Lipinski definition) is 20. The van der Waals surface area contributed by atoms with Gasteiger partial charge in [-0.25, -0.2) is 9.59 Å². The van der Waals surface area contributed by atoms with Crippen LogP contribution in [0.5, 0.6) is 34.5 Å². The maximum Gasteiger partial charge on any atom is 0.339 e. The van der Waals surface area contributed by atoms with E-state index < -0.39 is 85.9 Å². The third-order valence-corrected chi connectivity index (χ3v) is 12.1. The van der Waals surface area contributed by atoms with Crippen molar-refractivity contribution in [2.24, 2.45) is 0 Å². The van der Waals surface area contributed by atoms with Gasteiger partial charge in [-0.05, 0) is 12.1 Å². The van der Waals surface area contributed by atoms with Gasteiger partial charge in [0.15, 0.2) is 60.4 Å². The lowest BCUT2D eigenvalue weighted by atomic mass is 9.91. The first-order valence-corrected chi connectivity index (χ1v) is 21.5. The van der Waals surface area contributed by atoms with Gasteiger partial charge in [-0.3, -0.25) is 0 Å². The number of hydrogen-bond donors (Lipinski definition) is 2. The average Bonchev–Trinajstić information content (AvgIpc) is 3.38. The monoisotopic (exact) mass is 950 g/mol. The summed E-state index contributed by atoms with van der Waals surface area (Å²) < 4.78 is 94.9. The predicted molar refractivity (Wildman–Crippen MR) is 233 cm³/mol. The standard InChI is InChI=1S/C48H54O20/c1-53-27-19-25(43(51)65-41-33(49)35-29(63-47(41)59-7)21-61-45(67-35)23-15-11-9-12-16-23)31(39(57-5)37(27)55-3)32-26(20-28(54-2)38(56-4)40(32)58-6)44(52)66-42-34(50)36-30(64-48(42)60-8)22-62-46(68-36)24-17-13-10-14-18-24/h9-20,29-30,33-36,41-42,45-50H,21-22H2,1-8H3/t29-,30-,33+,34+,35-,36-,41-,42-,45-,46-,47+,48+/m1/s1. The average molecular weight is 951 g/mol. The molecular formula is C48H54O20. The molecule has 68 heavy (non-hydrogen) atoms. The summed E-state index contributed by atoms with van der Waals surface area (Å²) in [5.74, 6) is -2.44. The Hall–Kier alpha value is -5.78. The van der Waals surface area contributed by atoms with Gasteiger partial charge in [0.1, 0.15) is 36.6 Å². The van der Waals surface area contributed by atoms with E-state index >= 15 is 0 Å². The van der Waals surface area contributed by atoms with Gasteiger partial charge in [0, 0.05) is 36.5 Å². The Balaban J connectivity index is 1.20. The lowest BCUT2D eigenvalue weighted by Gasteiger charge is -2.46. The van der Waals surface area contributed by atoms with E-state index in [-0.39, 0.29) is 70.0 Å². The molecule has 0 aliphatic carbocycles. The number of carbonyl (C=O) groups excluding carboxylic acids is 2. The van der Waals surface area contributed by atoms with Crippen molar-refractivity contribution in [1.82, 2.24) is 0 Å². The lowest BCUT2D eigenvalue weighted by molar-refractivity contribution is -0.357. The van der Waals surface area contributed by atoms with Crippen LogP contribution >= 0.6 is 0 Å². The van der Waals surface area contributed by atoms with Crippen molar-refractivity contribution in [1.29, 1.82) is 0 Å². The number of aliphatic hydroxyl groups is 2. The van der Waals surface area contributed by atoms with Crippen LogP contribution in [0.25, 0.3) is 11.1 Å². The highest BCUT2D eigenvalue weighted by atomic mass is 16.8. The summed E-state index contributed by atoms with van der Waals surface area (Å²) in [6.07, 6.45) is -14.0. The number of esters is 2. The molecule has 20 heteroatoms. The Morgan fingerprint density at radius 1 is 0.500 bits per heavy atom. The van der Waals surface area contributed by atoms with E-state index in [0.29, 0.717) is 11.1 Å². The Labute approximate surface area is 391 Å². The van der Waals surface area contributed by atoms with E-state index in [9.17, 15) is 19.8 Å². The van der Waals surface area contributed by atoms with E-state index in [2.05, 4.69) is 0 Å². The van der Waals surface area contributed by atoms with Gasteiger partial charge in [-0.2, -0.15) is 0 Å². The Morgan fingerprint density at radius 3 is 1.19 bits per heavy atom. The summed E-state index contributed by atoms with van der Waals surface area (Å²) >= 11 is 0. The maximum atomic E-state index is 15.0. The zero-order valence-electron chi connectivity index (χ0n) is 38.5. The van der Waals surface area contributed by atoms with Gasteiger partial charge in [-0.1, -0.05) is 60.7 Å². The van der Waals surface area contributed by atoms with Gasteiger partial charge < -0.3 is 86.0 Å². The highest BCUT2D eigenvalue weighted by Crippen LogP contribution is 2.55. The number of ether oxygens (including phenoxy) is 16. The lowest BCUT2D eigenvalue weighted by Crippen LogP contribution is -2.63. The van der Waals surface area contributed by atoms with E-state index in [0.717, 1.165) is 0 Å². The molecule has 0 bridgehead atoms. The number of methoxy groups -OCH3 is 8. The predicted octanol–water partition coefficient (Wildman–Crippen LogP) is 4.15. The highest BCUT2D eigenvalue weighted by molar-refractivity contribution is 6.08. The smallest absolute Gasteiger partial charge is 0.339 e. The van der Waals surface area contributed by atoms with E-state index in [4.69, 9.17) is 75.8 Å². The summed E-state index contributed by atoms with van der Waals surface area (Å²) in [7, 11) is 10.6. The van der Waals surface area contributed by atoms with Crippen LogP contribution in [0.4, 0.5) is 0 Å². The van der Waals surface area contributed by atoms with Crippen molar-refractivity contribution < 1.29 is 95.6 Å². The molecule has 366 valence electrons. The topological polar surface area (TPSA) is 222 Å². The quantitative estimate of drug-likeness (QED) is 0.160. The minimum Gasteiger partial charge on any atom is -0.493 e. The molecule has 8 rings (SSSR count). The largest absolute Gasteiger partial charge is 0.493 e. The molecule has 4 aliphatic rings. The molecule has 0 aromatic heterocycles. The third kappa shape index (κ3) is 9.11. The second-order valence-corrected chi connectivity index (χ2v) is 15.8. The molecule has 20 nitrogen and oxygen atoms in total. The second kappa shape index (κ2) is 21.2. The summed E-state index contributed by atoms with van der Waals surface area (Å²) in [6, 6.07) is 20.8. The fourth-order valence-corrected chi connectivity index (χ4v) is 8.83. The van der Waals surface area contributed by atoms with Crippen molar-refractivity contribution in [2.45, 2.75) is 74.0 Å². The Morgan fingerprint density at radius 2 is 0.868 bits per heavy atom. The summed E-state index contributed by atoms with van der Waals surface area (Å²) in [4.78, 5) is 30.0. The first-order valence-electron chi connectivity index (χ1n) is 21.5. The van der Waals surface area contributed by atoms with Crippen LogP contribution in [0.1, 0.15) is 44.4 Å². The van der Waals surface area contributed by atoms with E-state index in [1.165, 1.54) is 69.0 Å². The molecule has 4 fully saturated rings. The molecule has 4 aromatic rings. The zero-order chi connectivity index (χ0) is 48.2. The summed E-state index contributed by atoms with van der Waals surface area (Å²) in [5, 5.41) is 23.9. The fourth-order valence-electron chi connectivity index (χ4n) is 8.83. The number of aliphatic hydroxyl groups excluding tert-OH is 2. The molecule has 4 aliphatic heterocycles. The Bertz CT molecular complexity index is 2220. The first kappa shape index (κ1) is 48.7. The van der Waals surface area contributed by atoms with Crippen LogP contribution in [0, 0.1) is 0 Å². The van der Waals surface area contributed by atoms with Crippen molar-refractivity contribution in [3.63, 3.8) is 0 Å². The van der Waals surface area contributed by atoms with Gasteiger partial charge in [0.25, 0.3) is 0 Å². The molecule has 4 saturated heterocycles. The van der Waals surface area contributed by atoms with Gasteiger partial charge in [0.2, 0.25) is 11.5 Å². The minimum atomic E-state index is -1.51. The van der Waals surface area contributed by atoms with Gasteiger partial charge in [-0.15, -0.1) is 0 Å².